The molecule has 0 spiro atoms. The third-order valence-electron chi connectivity index (χ3n) is 5.93. The molecule has 9 nitrogen and oxygen atoms in total. The van der Waals surface area contributed by atoms with Crippen molar-refractivity contribution >= 4 is 17.4 Å². The normalized spacial score (nSPS) is 14.6. The van der Waals surface area contributed by atoms with Crippen molar-refractivity contribution in [2.75, 3.05) is 63.9 Å². The van der Waals surface area contributed by atoms with E-state index in [1.165, 1.54) is 7.11 Å². The molecule has 1 atom stereocenters. The second-order valence-electron chi connectivity index (χ2n) is 7.94. The lowest BCUT2D eigenvalue weighted by atomic mass is 10.1. The van der Waals surface area contributed by atoms with Crippen LogP contribution in [0, 0.1) is 6.92 Å². The number of urea groups is 1. The summed E-state index contributed by atoms with van der Waals surface area (Å²) in [7, 11) is 4.80. The van der Waals surface area contributed by atoms with Gasteiger partial charge in [0.1, 0.15) is 17.2 Å². The summed E-state index contributed by atoms with van der Waals surface area (Å²) < 4.78 is 16.2. The van der Waals surface area contributed by atoms with E-state index in [2.05, 4.69) is 9.88 Å². The maximum Gasteiger partial charge on any atom is 0.324 e. The lowest BCUT2D eigenvalue weighted by Crippen LogP contribution is -2.53. The molecule has 1 aromatic carbocycles. The van der Waals surface area contributed by atoms with Crippen LogP contribution in [0.5, 0.6) is 17.4 Å². The summed E-state index contributed by atoms with van der Waals surface area (Å²) in [5.41, 5.74) is 2.91. The van der Waals surface area contributed by atoms with Crippen molar-refractivity contribution in [2.45, 2.75) is 26.9 Å². The highest BCUT2D eigenvalue weighted by Gasteiger charge is 2.29. The van der Waals surface area contributed by atoms with Gasteiger partial charge in [0.25, 0.3) is 0 Å². The van der Waals surface area contributed by atoms with Gasteiger partial charge in [-0.15, -0.1) is 0 Å². The van der Waals surface area contributed by atoms with Gasteiger partial charge in [-0.05, 0) is 26.8 Å². The molecule has 33 heavy (non-hydrogen) atoms. The standard InChI is InChI=1S/C24H34N4O5/c1-7-28(22-15-21(17(3)29)16(2)25-23(22)33-6)24(30)27-10-8-26(9-11-27)18-12-19(31-4)14-20(13-18)32-5/h12-15,17,29H,7-11H2,1-6H3. The highest BCUT2D eigenvalue weighted by atomic mass is 16.5. The minimum Gasteiger partial charge on any atom is -0.497 e. The fourth-order valence-electron chi connectivity index (χ4n) is 4.06. The Balaban J connectivity index is 1.78. The van der Waals surface area contributed by atoms with E-state index in [0.717, 1.165) is 17.2 Å². The quantitative estimate of drug-likeness (QED) is 0.682. The number of hydrogen-bond acceptors (Lipinski definition) is 7. The number of anilines is 2. The Kier molecular flexibility index (Phi) is 7.86. The molecule has 0 radical (unpaired) electrons. The van der Waals surface area contributed by atoms with Crippen LogP contribution in [0.2, 0.25) is 0 Å². The van der Waals surface area contributed by atoms with Crippen LogP contribution in [0.25, 0.3) is 0 Å². The molecule has 0 bridgehead atoms. The summed E-state index contributed by atoms with van der Waals surface area (Å²) in [6.45, 7) is 8.37. The number of amides is 2. The summed E-state index contributed by atoms with van der Waals surface area (Å²) in [6, 6.07) is 7.47. The van der Waals surface area contributed by atoms with Gasteiger partial charge in [0.05, 0.1) is 27.4 Å². The van der Waals surface area contributed by atoms with Gasteiger partial charge in [-0.1, -0.05) is 0 Å². The lowest BCUT2D eigenvalue weighted by Gasteiger charge is -2.38. The number of methoxy groups -OCH3 is 3. The molecule has 1 fully saturated rings. The molecule has 1 N–H and O–H groups in total. The number of nitrogens with zero attached hydrogens (tertiary/aromatic N) is 4. The first-order chi connectivity index (χ1) is 15.8. The number of rotatable bonds is 7. The van der Waals surface area contributed by atoms with E-state index in [4.69, 9.17) is 14.2 Å². The number of aliphatic hydroxyl groups is 1. The number of carbonyl (C=O) groups excluding carboxylic acids is 1. The third kappa shape index (κ3) is 5.24. The smallest absolute Gasteiger partial charge is 0.324 e. The fourth-order valence-corrected chi connectivity index (χ4v) is 4.06. The van der Waals surface area contributed by atoms with Crippen LogP contribution in [-0.2, 0) is 0 Å². The summed E-state index contributed by atoms with van der Waals surface area (Å²) in [5.74, 6) is 1.83. The Morgan fingerprint density at radius 3 is 2.15 bits per heavy atom. The summed E-state index contributed by atoms with van der Waals surface area (Å²) in [4.78, 5) is 23.6. The zero-order valence-corrected chi connectivity index (χ0v) is 20.3. The van der Waals surface area contributed by atoms with Gasteiger partial charge in [-0.2, -0.15) is 0 Å². The van der Waals surface area contributed by atoms with Crippen LogP contribution in [-0.4, -0.2) is 75.1 Å². The number of aromatic nitrogens is 1. The second kappa shape index (κ2) is 10.6. The molecule has 2 amide bonds. The Morgan fingerprint density at radius 2 is 1.67 bits per heavy atom. The molecule has 1 aliphatic rings. The van der Waals surface area contributed by atoms with Crippen molar-refractivity contribution in [1.82, 2.24) is 9.88 Å². The molecule has 1 unspecified atom stereocenters. The Hall–Kier alpha value is -3.20. The average Bonchev–Trinajstić information content (AvgIpc) is 2.84. The zero-order chi connectivity index (χ0) is 24.1. The molecule has 1 aromatic heterocycles. The number of aryl methyl sites for hydroxylation is 1. The van der Waals surface area contributed by atoms with Crippen molar-refractivity contribution in [2.24, 2.45) is 0 Å². The van der Waals surface area contributed by atoms with Crippen molar-refractivity contribution < 1.29 is 24.1 Å². The molecule has 2 heterocycles. The van der Waals surface area contributed by atoms with E-state index in [1.54, 1.807) is 32.1 Å². The Morgan fingerprint density at radius 1 is 1.06 bits per heavy atom. The molecular formula is C24H34N4O5. The van der Waals surface area contributed by atoms with Crippen LogP contribution in [0.15, 0.2) is 24.3 Å². The molecule has 0 saturated carbocycles. The Bertz CT molecular complexity index is 951. The lowest BCUT2D eigenvalue weighted by molar-refractivity contribution is 0.196. The number of carbonyl (C=O) groups is 1. The van der Waals surface area contributed by atoms with Crippen LogP contribution >= 0.6 is 0 Å². The van der Waals surface area contributed by atoms with Crippen molar-refractivity contribution in [3.05, 3.63) is 35.5 Å². The number of benzene rings is 1. The topological polar surface area (TPSA) is 87.6 Å². The number of piperazine rings is 1. The first-order valence-electron chi connectivity index (χ1n) is 11.1. The number of hydrogen-bond donors (Lipinski definition) is 1. The third-order valence-corrected chi connectivity index (χ3v) is 5.93. The van der Waals surface area contributed by atoms with Crippen LogP contribution in [0.3, 0.4) is 0 Å². The van der Waals surface area contributed by atoms with Crippen LogP contribution in [0.4, 0.5) is 16.2 Å². The minimum absolute atomic E-state index is 0.110. The molecular weight excluding hydrogens is 424 g/mol. The van der Waals surface area contributed by atoms with E-state index in [-0.39, 0.29) is 6.03 Å². The summed E-state index contributed by atoms with van der Waals surface area (Å²) in [6.07, 6.45) is -0.695. The minimum atomic E-state index is -0.695. The van der Waals surface area contributed by atoms with Crippen molar-refractivity contribution in [3.63, 3.8) is 0 Å². The predicted octanol–water partition coefficient (Wildman–Crippen LogP) is 3.24. The molecule has 1 saturated heterocycles. The van der Waals surface area contributed by atoms with Crippen LogP contribution < -0.4 is 24.0 Å². The number of pyridine rings is 1. The van der Waals surface area contributed by atoms with E-state index >= 15 is 0 Å². The first-order valence-corrected chi connectivity index (χ1v) is 11.1. The van der Waals surface area contributed by atoms with E-state index in [0.29, 0.717) is 55.5 Å². The maximum atomic E-state index is 13.5. The molecule has 2 aromatic rings. The van der Waals surface area contributed by atoms with Gasteiger partial charge in [0.2, 0.25) is 5.88 Å². The van der Waals surface area contributed by atoms with Gasteiger partial charge in [0, 0.05) is 67.9 Å². The highest BCUT2D eigenvalue weighted by molar-refractivity contribution is 5.93. The van der Waals surface area contributed by atoms with E-state index in [1.807, 2.05) is 36.9 Å². The number of ether oxygens (including phenoxy) is 3. The Labute approximate surface area is 195 Å². The van der Waals surface area contributed by atoms with Gasteiger partial charge < -0.3 is 29.1 Å². The molecule has 9 heteroatoms. The van der Waals surface area contributed by atoms with E-state index < -0.39 is 6.10 Å². The summed E-state index contributed by atoms with van der Waals surface area (Å²) in [5, 5.41) is 10.1. The van der Waals surface area contributed by atoms with Gasteiger partial charge in [-0.3, -0.25) is 4.90 Å². The zero-order valence-electron chi connectivity index (χ0n) is 20.3. The van der Waals surface area contributed by atoms with Crippen molar-refractivity contribution in [1.29, 1.82) is 0 Å². The maximum absolute atomic E-state index is 13.5. The molecule has 0 aliphatic carbocycles. The molecule has 1 aliphatic heterocycles. The number of aliphatic hydroxyl groups excluding tert-OH is 1. The van der Waals surface area contributed by atoms with Gasteiger partial charge in [-0.25, -0.2) is 9.78 Å². The van der Waals surface area contributed by atoms with E-state index in [9.17, 15) is 9.90 Å². The highest BCUT2D eigenvalue weighted by Crippen LogP contribution is 2.33. The monoisotopic (exact) mass is 458 g/mol. The largest absolute Gasteiger partial charge is 0.497 e. The molecule has 180 valence electrons. The average molecular weight is 459 g/mol. The predicted molar refractivity (Wildman–Crippen MR) is 128 cm³/mol. The van der Waals surface area contributed by atoms with Gasteiger partial charge in [0.15, 0.2) is 0 Å². The van der Waals surface area contributed by atoms with Crippen LogP contribution in [0.1, 0.15) is 31.2 Å². The SMILES string of the molecule is CCN(C(=O)N1CCN(c2cc(OC)cc(OC)c2)CC1)c1cc(C(C)O)c(C)nc1OC. The summed E-state index contributed by atoms with van der Waals surface area (Å²) >= 11 is 0. The molecule has 3 rings (SSSR count). The second-order valence-corrected chi connectivity index (χ2v) is 7.94. The van der Waals surface area contributed by atoms with Gasteiger partial charge >= 0.3 is 6.03 Å². The fraction of sp³-hybridized carbons (Fsp3) is 0.500. The first kappa shape index (κ1) is 24.4. The van der Waals surface area contributed by atoms with Crippen molar-refractivity contribution in [3.8, 4) is 17.4 Å².